The Kier molecular flexibility index (Phi) is 6.69. The van der Waals surface area contributed by atoms with E-state index in [-0.39, 0.29) is 5.69 Å². The number of nitrogens with one attached hydrogen (secondary N) is 1. The first-order valence-corrected chi connectivity index (χ1v) is 11.2. The van der Waals surface area contributed by atoms with Crippen LogP contribution in [0.3, 0.4) is 0 Å². The van der Waals surface area contributed by atoms with E-state index in [2.05, 4.69) is 0 Å². The first-order valence-electron chi connectivity index (χ1n) is 11.2. The molecule has 1 unspecified atom stereocenters. The summed E-state index contributed by atoms with van der Waals surface area (Å²) in [5.74, 6) is -7.83. The molecule has 0 spiro atoms. The Balaban J connectivity index is 2.25. The average Bonchev–Trinajstić information content (AvgIpc) is 3.00. The lowest BCUT2D eigenvalue weighted by atomic mass is 9.81. The van der Waals surface area contributed by atoms with Gasteiger partial charge in [-0.15, -0.1) is 0 Å². The van der Waals surface area contributed by atoms with Crippen LogP contribution < -0.4 is 10.2 Å². The Morgan fingerprint density at radius 1 is 0.833 bits per heavy atom. The lowest BCUT2D eigenvalue weighted by molar-refractivity contribution is -0.138. The van der Waals surface area contributed by atoms with Crippen molar-refractivity contribution >= 4 is 29.6 Å². The van der Waals surface area contributed by atoms with E-state index in [1.807, 2.05) is 5.32 Å². The number of nitrogens with zero attached hydrogens (tertiary/aromatic N) is 1. The number of ketones is 1. The molecule has 0 bridgehead atoms. The molecule has 0 aliphatic carbocycles. The minimum atomic E-state index is -4.55. The first kappa shape index (κ1) is 26.8. The van der Waals surface area contributed by atoms with Crippen LogP contribution in [0.25, 0.3) is 0 Å². The van der Waals surface area contributed by atoms with E-state index in [9.17, 15) is 19.2 Å². The van der Waals surface area contributed by atoms with E-state index in [1.54, 1.807) is 0 Å². The smallest absolute Gasteiger partial charge is 0.421 e. The fourth-order valence-corrected chi connectivity index (χ4v) is 3.77. The molecule has 0 saturated carbocycles. The normalized spacial score (nSPS) is 17.9. The molecular formula is C26H28F2N2O6. The number of hydrogen-bond acceptors (Lipinski definition) is 6. The Bertz CT molecular complexity index is 1200. The van der Waals surface area contributed by atoms with Crippen LogP contribution in [0.4, 0.5) is 24.1 Å². The number of halogens is 2. The van der Waals surface area contributed by atoms with Crippen LogP contribution in [0.2, 0.25) is 0 Å². The van der Waals surface area contributed by atoms with Crippen molar-refractivity contribution in [3.8, 4) is 0 Å². The van der Waals surface area contributed by atoms with Crippen LogP contribution >= 0.6 is 0 Å². The van der Waals surface area contributed by atoms with Crippen LogP contribution in [0, 0.1) is 0 Å². The zero-order valence-electron chi connectivity index (χ0n) is 20.8. The van der Waals surface area contributed by atoms with Gasteiger partial charge < -0.3 is 9.47 Å². The quantitative estimate of drug-likeness (QED) is 0.576. The maximum atomic E-state index is 16.3. The Morgan fingerprint density at radius 3 is 1.92 bits per heavy atom. The SMILES string of the molecule is CC(C)(C)OC(=O)NC1(C(F)(F)C(=O)c2ccccc2)C(=O)N(C(=O)OC(C)(C)C)c2ccccc21. The molecule has 36 heavy (non-hydrogen) atoms. The summed E-state index contributed by atoms with van der Waals surface area (Å²) in [6, 6.07) is 11.8. The third-order valence-electron chi connectivity index (χ3n) is 5.13. The molecule has 10 heteroatoms. The highest BCUT2D eigenvalue weighted by atomic mass is 19.3. The van der Waals surface area contributed by atoms with E-state index in [0.717, 1.165) is 18.2 Å². The van der Waals surface area contributed by atoms with Gasteiger partial charge in [-0.1, -0.05) is 48.5 Å². The fraction of sp³-hybridized carbons (Fsp3) is 0.385. The summed E-state index contributed by atoms with van der Waals surface area (Å²) in [7, 11) is 0. The summed E-state index contributed by atoms with van der Waals surface area (Å²) in [5, 5.41) is 1.96. The van der Waals surface area contributed by atoms with Crippen LogP contribution in [-0.2, 0) is 19.8 Å². The number of para-hydroxylation sites is 1. The summed E-state index contributed by atoms with van der Waals surface area (Å²) < 4.78 is 43.1. The number of carbonyl (C=O) groups excluding carboxylic acids is 4. The van der Waals surface area contributed by atoms with Gasteiger partial charge in [-0.05, 0) is 47.6 Å². The standard InChI is InChI=1S/C26H28F2N2O6/c1-23(2,3)35-21(33)29-25(26(27,28)19(31)16-12-8-7-9-13-16)17-14-10-11-15-18(17)30(20(25)32)22(34)36-24(4,5)6/h7-15H,1-6H3,(H,29,33). The second kappa shape index (κ2) is 9.00. The number of imide groups is 1. The molecule has 1 heterocycles. The second-order valence-electron chi connectivity index (χ2n) is 10.3. The molecule has 2 aromatic rings. The highest BCUT2D eigenvalue weighted by Gasteiger charge is 2.71. The predicted octanol–water partition coefficient (Wildman–Crippen LogP) is 5.21. The van der Waals surface area contributed by atoms with E-state index >= 15 is 8.78 Å². The van der Waals surface area contributed by atoms with Gasteiger partial charge in [-0.3, -0.25) is 14.9 Å². The summed E-state index contributed by atoms with van der Waals surface area (Å²) >= 11 is 0. The van der Waals surface area contributed by atoms with Gasteiger partial charge in [-0.2, -0.15) is 8.78 Å². The van der Waals surface area contributed by atoms with E-state index in [1.165, 1.54) is 77.9 Å². The molecule has 0 saturated heterocycles. The topological polar surface area (TPSA) is 102 Å². The van der Waals surface area contributed by atoms with Crippen LogP contribution in [0.5, 0.6) is 0 Å². The largest absolute Gasteiger partial charge is 0.444 e. The van der Waals surface area contributed by atoms with Crippen molar-refractivity contribution in [2.24, 2.45) is 0 Å². The molecular weight excluding hydrogens is 474 g/mol. The van der Waals surface area contributed by atoms with Gasteiger partial charge in [0.2, 0.25) is 11.3 Å². The number of hydrogen-bond donors (Lipinski definition) is 1. The number of amides is 3. The molecule has 1 aliphatic rings. The average molecular weight is 503 g/mol. The first-order chi connectivity index (χ1) is 16.5. The fourth-order valence-electron chi connectivity index (χ4n) is 3.77. The molecule has 0 radical (unpaired) electrons. The Morgan fingerprint density at radius 2 is 1.36 bits per heavy atom. The molecule has 3 amide bonds. The van der Waals surface area contributed by atoms with Gasteiger partial charge in [0.1, 0.15) is 11.2 Å². The number of ether oxygens (including phenoxy) is 2. The highest BCUT2D eigenvalue weighted by Crippen LogP contribution is 2.50. The lowest BCUT2D eigenvalue weighted by Crippen LogP contribution is -2.66. The minimum Gasteiger partial charge on any atom is -0.444 e. The van der Waals surface area contributed by atoms with Crippen molar-refractivity contribution in [2.75, 3.05) is 4.90 Å². The van der Waals surface area contributed by atoms with Gasteiger partial charge in [0.25, 0.3) is 5.91 Å². The minimum absolute atomic E-state index is 0.256. The van der Waals surface area contributed by atoms with E-state index in [0.29, 0.717) is 4.90 Å². The van der Waals surface area contributed by atoms with E-state index < -0.39 is 57.7 Å². The zero-order chi connectivity index (χ0) is 27.1. The van der Waals surface area contributed by atoms with Crippen molar-refractivity contribution in [3.63, 3.8) is 0 Å². The Labute approximate surface area is 207 Å². The van der Waals surface area contributed by atoms with Crippen LogP contribution in [-0.4, -0.2) is 41.0 Å². The maximum Gasteiger partial charge on any atom is 0.421 e. The van der Waals surface area contributed by atoms with Gasteiger partial charge in [0, 0.05) is 11.1 Å². The molecule has 1 atom stereocenters. The van der Waals surface area contributed by atoms with E-state index in [4.69, 9.17) is 9.47 Å². The summed E-state index contributed by atoms with van der Waals surface area (Å²) in [6.07, 6.45) is -2.62. The van der Waals surface area contributed by atoms with Gasteiger partial charge in [0.05, 0.1) is 5.69 Å². The number of rotatable bonds is 4. The number of alkyl carbamates (subject to hydrolysis) is 1. The van der Waals surface area contributed by atoms with Crippen molar-refractivity contribution in [2.45, 2.75) is 64.2 Å². The molecule has 2 aromatic carbocycles. The Hall–Kier alpha value is -3.82. The number of alkyl halides is 2. The highest BCUT2D eigenvalue weighted by molar-refractivity contribution is 6.24. The number of Topliss-reactive ketones (excluding diaryl/α,β-unsaturated/α-hetero) is 1. The molecule has 192 valence electrons. The number of fused-ring (bicyclic) bond motifs is 1. The number of anilines is 1. The molecule has 1 aliphatic heterocycles. The van der Waals surface area contributed by atoms with Crippen LogP contribution in [0.1, 0.15) is 57.5 Å². The lowest BCUT2D eigenvalue weighted by Gasteiger charge is -2.36. The zero-order valence-corrected chi connectivity index (χ0v) is 20.8. The third kappa shape index (κ3) is 4.80. The maximum absolute atomic E-state index is 16.3. The van der Waals surface area contributed by atoms with Crippen LogP contribution in [0.15, 0.2) is 54.6 Å². The summed E-state index contributed by atoms with van der Waals surface area (Å²) in [4.78, 5) is 53.2. The van der Waals surface area contributed by atoms with Gasteiger partial charge >= 0.3 is 18.1 Å². The molecule has 8 nitrogen and oxygen atoms in total. The van der Waals surface area contributed by atoms with Crippen molar-refractivity contribution in [3.05, 3.63) is 65.7 Å². The molecule has 1 N–H and O–H groups in total. The monoisotopic (exact) mass is 502 g/mol. The molecule has 3 rings (SSSR count). The third-order valence-corrected chi connectivity index (χ3v) is 5.13. The van der Waals surface area contributed by atoms with Gasteiger partial charge in [0.15, 0.2) is 0 Å². The van der Waals surface area contributed by atoms with Crippen molar-refractivity contribution < 1.29 is 37.4 Å². The molecule has 0 fully saturated rings. The summed E-state index contributed by atoms with van der Waals surface area (Å²) in [6.45, 7) is 9.13. The summed E-state index contributed by atoms with van der Waals surface area (Å²) in [5.41, 5.74) is -6.59. The van der Waals surface area contributed by atoms with Crippen molar-refractivity contribution in [1.82, 2.24) is 5.32 Å². The van der Waals surface area contributed by atoms with Crippen molar-refractivity contribution in [1.29, 1.82) is 0 Å². The molecule has 0 aromatic heterocycles. The second-order valence-corrected chi connectivity index (χ2v) is 10.3. The number of carbonyl (C=O) groups is 4. The predicted molar refractivity (Wildman–Crippen MR) is 127 cm³/mol. The van der Waals surface area contributed by atoms with Gasteiger partial charge in [-0.25, -0.2) is 14.5 Å². The number of benzene rings is 2.